The van der Waals surface area contributed by atoms with Gasteiger partial charge in [0.05, 0.1) is 4.92 Å². The molecule has 104 valence electrons. The molecule has 0 aliphatic carbocycles. The van der Waals surface area contributed by atoms with Crippen LogP contribution in [-0.4, -0.2) is 4.92 Å². The highest BCUT2D eigenvalue weighted by Crippen LogP contribution is 2.25. The highest BCUT2D eigenvalue weighted by Gasteiger charge is 2.09. The number of nitrogens with one attached hydrogen (secondary N) is 1. The second-order valence-electron chi connectivity index (χ2n) is 4.01. The van der Waals surface area contributed by atoms with Gasteiger partial charge in [0.2, 0.25) is 0 Å². The van der Waals surface area contributed by atoms with Gasteiger partial charge in [0.25, 0.3) is 5.69 Å². The number of halogens is 3. The predicted octanol–water partition coefficient (Wildman–Crippen LogP) is 4.71. The van der Waals surface area contributed by atoms with Crippen LogP contribution in [0.25, 0.3) is 0 Å². The summed E-state index contributed by atoms with van der Waals surface area (Å²) in [4.78, 5) is 10.2. The van der Waals surface area contributed by atoms with Gasteiger partial charge in [-0.25, -0.2) is 4.39 Å². The van der Waals surface area contributed by atoms with Gasteiger partial charge in [-0.1, -0.05) is 15.9 Å². The van der Waals surface area contributed by atoms with E-state index >= 15 is 0 Å². The molecule has 7 heteroatoms. The Morgan fingerprint density at radius 3 is 2.65 bits per heavy atom. The summed E-state index contributed by atoms with van der Waals surface area (Å²) in [7, 11) is 0. The molecule has 0 aliphatic rings. The zero-order chi connectivity index (χ0) is 14.7. The van der Waals surface area contributed by atoms with Crippen LogP contribution < -0.4 is 5.32 Å². The third-order valence-electron chi connectivity index (χ3n) is 2.65. The minimum Gasteiger partial charge on any atom is -0.380 e. The molecule has 0 saturated carbocycles. The van der Waals surface area contributed by atoms with Gasteiger partial charge >= 0.3 is 0 Å². The summed E-state index contributed by atoms with van der Waals surface area (Å²) in [5.41, 5.74) is 1.74. The third-order valence-corrected chi connectivity index (χ3v) is 4.28. The second kappa shape index (κ2) is 6.49. The number of anilines is 1. The Kier molecular flexibility index (Phi) is 4.92. The molecule has 0 heterocycles. The summed E-state index contributed by atoms with van der Waals surface area (Å²) in [5, 5.41) is 13.8. The van der Waals surface area contributed by atoms with E-state index in [1.54, 1.807) is 12.1 Å². The topological polar surface area (TPSA) is 55.2 Å². The molecule has 2 aromatic carbocycles. The maximum Gasteiger partial charge on any atom is 0.270 e. The summed E-state index contributed by atoms with van der Waals surface area (Å²) in [6.45, 7) is 0.486. The number of nitro benzene ring substituents is 1. The van der Waals surface area contributed by atoms with Crippen molar-refractivity contribution in [1.82, 2.24) is 0 Å². The maximum absolute atomic E-state index is 13.0. The zero-order valence-electron chi connectivity index (χ0n) is 10.1. The van der Waals surface area contributed by atoms with Crippen molar-refractivity contribution in [3.05, 3.63) is 65.9 Å². The van der Waals surface area contributed by atoms with Crippen LogP contribution in [0.2, 0.25) is 0 Å². The molecule has 0 spiro atoms. The summed E-state index contributed by atoms with van der Waals surface area (Å²) >= 11 is 5.36. The molecular formula is C13H9BrFIN2O2. The van der Waals surface area contributed by atoms with Gasteiger partial charge in [-0.2, -0.15) is 0 Å². The van der Waals surface area contributed by atoms with Gasteiger partial charge in [0.1, 0.15) is 5.82 Å². The maximum atomic E-state index is 13.0. The average Bonchev–Trinajstić information content (AvgIpc) is 2.38. The van der Waals surface area contributed by atoms with Crippen LogP contribution in [0.4, 0.5) is 15.8 Å². The fourth-order valence-corrected chi connectivity index (χ4v) is 2.79. The normalized spacial score (nSPS) is 10.3. The molecule has 0 atom stereocenters. The van der Waals surface area contributed by atoms with Crippen molar-refractivity contribution in [2.45, 2.75) is 6.54 Å². The van der Waals surface area contributed by atoms with Gasteiger partial charge < -0.3 is 5.32 Å². The smallest absolute Gasteiger partial charge is 0.270 e. The Hall–Kier alpha value is -1.22. The van der Waals surface area contributed by atoms with Crippen molar-refractivity contribution < 1.29 is 9.31 Å². The molecule has 0 unspecified atom stereocenters. The van der Waals surface area contributed by atoms with E-state index < -0.39 is 4.92 Å². The Morgan fingerprint density at radius 2 is 2.05 bits per heavy atom. The molecule has 2 rings (SSSR count). The van der Waals surface area contributed by atoms with Crippen molar-refractivity contribution in [3.8, 4) is 0 Å². The van der Waals surface area contributed by atoms with Crippen LogP contribution in [0, 0.1) is 19.5 Å². The van der Waals surface area contributed by atoms with E-state index in [0.717, 1.165) is 14.8 Å². The lowest BCUT2D eigenvalue weighted by atomic mass is 10.2. The van der Waals surface area contributed by atoms with Crippen LogP contribution in [-0.2, 0) is 6.54 Å². The second-order valence-corrected chi connectivity index (χ2v) is 6.03. The van der Waals surface area contributed by atoms with Gasteiger partial charge in [-0.15, -0.1) is 0 Å². The van der Waals surface area contributed by atoms with Crippen LogP contribution in [0.3, 0.4) is 0 Å². The summed E-state index contributed by atoms with van der Waals surface area (Å²) in [6.07, 6.45) is 0. The van der Waals surface area contributed by atoms with Crippen LogP contribution in [0.1, 0.15) is 5.56 Å². The number of benzene rings is 2. The Bertz CT molecular complexity index is 667. The molecule has 0 bridgehead atoms. The predicted molar refractivity (Wildman–Crippen MR) is 87.2 cm³/mol. The van der Waals surface area contributed by atoms with E-state index in [1.165, 1.54) is 24.3 Å². The third kappa shape index (κ3) is 3.66. The summed E-state index contributed by atoms with van der Waals surface area (Å²) < 4.78 is 14.4. The van der Waals surface area contributed by atoms with Gasteiger partial charge in [-0.3, -0.25) is 10.1 Å². The molecule has 2 aromatic rings. The Morgan fingerprint density at radius 1 is 1.30 bits per heavy atom. The van der Waals surface area contributed by atoms with E-state index in [4.69, 9.17) is 0 Å². The molecular weight excluding hydrogens is 442 g/mol. The van der Waals surface area contributed by atoms with Crippen LogP contribution in [0.5, 0.6) is 0 Å². The lowest BCUT2D eigenvalue weighted by molar-refractivity contribution is -0.384. The minimum atomic E-state index is -0.440. The Balaban J connectivity index is 2.13. The van der Waals surface area contributed by atoms with Crippen LogP contribution in [0.15, 0.2) is 40.9 Å². The van der Waals surface area contributed by atoms with Crippen molar-refractivity contribution in [2.24, 2.45) is 0 Å². The SMILES string of the molecule is O=[N+]([O-])c1ccc(CNc2ccc(F)cc2I)c(Br)c1. The molecule has 0 radical (unpaired) electrons. The number of rotatable bonds is 4. The standard InChI is InChI=1S/C13H9BrFIN2O2/c14-11-6-10(18(19)20)3-1-8(11)7-17-13-4-2-9(15)5-12(13)16/h1-6,17H,7H2. The molecule has 0 aromatic heterocycles. The van der Waals surface area contributed by atoms with E-state index in [1.807, 2.05) is 22.6 Å². The number of hydrogen-bond acceptors (Lipinski definition) is 3. The monoisotopic (exact) mass is 450 g/mol. The lowest BCUT2D eigenvalue weighted by Gasteiger charge is -2.10. The summed E-state index contributed by atoms with van der Waals surface area (Å²) in [6, 6.07) is 9.09. The number of non-ortho nitro benzene ring substituents is 1. The van der Waals surface area contributed by atoms with E-state index in [2.05, 4.69) is 21.2 Å². The number of nitrogens with zero attached hydrogens (tertiary/aromatic N) is 1. The van der Waals surface area contributed by atoms with E-state index in [9.17, 15) is 14.5 Å². The molecule has 0 fully saturated rings. The fourth-order valence-electron chi connectivity index (χ4n) is 1.62. The first-order valence-electron chi connectivity index (χ1n) is 5.59. The summed E-state index contributed by atoms with van der Waals surface area (Å²) in [5.74, 6) is -0.281. The molecule has 4 nitrogen and oxygen atoms in total. The molecule has 0 aliphatic heterocycles. The number of nitro groups is 1. The van der Waals surface area contributed by atoms with Crippen LogP contribution >= 0.6 is 38.5 Å². The first-order valence-corrected chi connectivity index (χ1v) is 7.46. The quantitative estimate of drug-likeness (QED) is 0.417. The number of hydrogen-bond donors (Lipinski definition) is 1. The zero-order valence-corrected chi connectivity index (χ0v) is 13.8. The average molecular weight is 451 g/mol. The first-order chi connectivity index (χ1) is 9.47. The first kappa shape index (κ1) is 15.2. The molecule has 1 N–H and O–H groups in total. The Labute approximate surface area is 136 Å². The molecule has 0 amide bonds. The largest absolute Gasteiger partial charge is 0.380 e. The van der Waals surface area contributed by atoms with E-state index in [0.29, 0.717) is 11.0 Å². The highest BCUT2D eigenvalue weighted by atomic mass is 127. The van der Waals surface area contributed by atoms with Gasteiger partial charge in [-0.05, 0) is 52.4 Å². The minimum absolute atomic E-state index is 0.0389. The van der Waals surface area contributed by atoms with Gasteiger partial charge in [0, 0.05) is 32.4 Å². The highest BCUT2D eigenvalue weighted by molar-refractivity contribution is 14.1. The van der Waals surface area contributed by atoms with Crippen molar-refractivity contribution in [3.63, 3.8) is 0 Å². The van der Waals surface area contributed by atoms with Crippen molar-refractivity contribution >= 4 is 49.9 Å². The van der Waals surface area contributed by atoms with Gasteiger partial charge in [0.15, 0.2) is 0 Å². The lowest BCUT2D eigenvalue weighted by Crippen LogP contribution is -2.02. The van der Waals surface area contributed by atoms with Crippen molar-refractivity contribution in [1.29, 1.82) is 0 Å². The molecule has 20 heavy (non-hydrogen) atoms. The molecule has 0 saturated heterocycles. The fraction of sp³-hybridized carbons (Fsp3) is 0.0769. The van der Waals surface area contributed by atoms with E-state index in [-0.39, 0.29) is 11.5 Å². The van der Waals surface area contributed by atoms with Crippen molar-refractivity contribution in [2.75, 3.05) is 5.32 Å².